The van der Waals surface area contributed by atoms with Gasteiger partial charge in [0.2, 0.25) is 0 Å². The molecule has 0 spiro atoms. The Labute approximate surface area is 126 Å². The van der Waals surface area contributed by atoms with Crippen LogP contribution in [-0.2, 0) is 6.54 Å². The number of hydrogen-bond donors (Lipinski definition) is 1. The van der Waals surface area contributed by atoms with Gasteiger partial charge in [-0.1, -0.05) is 24.3 Å². The molecule has 0 aliphatic carbocycles. The predicted molar refractivity (Wildman–Crippen MR) is 87.0 cm³/mol. The van der Waals surface area contributed by atoms with E-state index in [9.17, 15) is 10.1 Å². The summed E-state index contributed by atoms with van der Waals surface area (Å²) in [5, 5.41) is 17.6. The number of fused-ring (bicyclic) bond motifs is 1. The second-order valence-electron chi connectivity index (χ2n) is 4.82. The van der Waals surface area contributed by atoms with Gasteiger partial charge in [0.1, 0.15) is 0 Å². The van der Waals surface area contributed by atoms with Crippen LogP contribution in [0.3, 0.4) is 0 Å². The zero-order valence-corrected chi connectivity index (χ0v) is 12.3. The van der Waals surface area contributed by atoms with Crippen LogP contribution in [0.1, 0.15) is 11.1 Å². The number of hydrogen-bond acceptors (Lipinski definition) is 4. The SMILES string of the molecule is Cc1c(NCc2csc3ccccc23)cccc1[N+](=O)[O-]. The highest BCUT2D eigenvalue weighted by atomic mass is 32.1. The van der Waals surface area contributed by atoms with Gasteiger partial charge in [-0.3, -0.25) is 10.1 Å². The minimum absolute atomic E-state index is 0.148. The Bertz CT molecular complexity index is 811. The topological polar surface area (TPSA) is 55.2 Å². The molecule has 1 heterocycles. The smallest absolute Gasteiger partial charge is 0.274 e. The first-order valence-electron chi connectivity index (χ1n) is 6.60. The van der Waals surface area contributed by atoms with Crippen molar-refractivity contribution in [1.29, 1.82) is 0 Å². The van der Waals surface area contributed by atoms with Gasteiger partial charge in [-0.25, -0.2) is 0 Å². The first kappa shape index (κ1) is 13.6. The molecule has 0 amide bonds. The van der Waals surface area contributed by atoms with Crippen molar-refractivity contribution in [1.82, 2.24) is 0 Å². The number of nitrogens with one attached hydrogen (secondary N) is 1. The highest BCUT2D eigenvalue weighted by Crippen LogP contribution is 2.28. The van der Waals surface area contributed by atoms with E-state index >= 15 is 0 Å². The molecular formula is C16H14N2O2S. The minimum atomic E-state index is -0.347. The first-order chi connectivity index (χ1) is 10.2. The number of rotatable bonds is 4. The molecule has 0 saturated heterocycles. The molecule has 0 atom stereocenters. The molecule has 0 saturated carbocycles. The van der Waals surface area contributed by atoms with Gasteiger partial charge in [0.05, 0.1) is 4.92 Å². The minimum Gasteiger partial charge on any atom is -0.380 e. The van der Waals surface area contributed by atoms with Gasteiger partial charge in [-0.05, 0) is 35.4 Å². The van der Waals surface area contributed by atoms with Gasteiger partial charge in [0.15, 0.2) is 0 Å². The van der Waals surface area contributed by atoms with E-state index in [1.165, 1.54) is 21.7 Å². The van der Waals surface area contributed by atoms with Gasteiger partial charge >= 0.3 is 0 Å². The summed E-state index contributed by atoms with van der Waals surface area (Å²) in [6, 6.07) is 13.4. The van der Waals surface area contributed by atoms with Gasteiger partial charge < -0.3 is 5.32 Å². The lowest BCUT2D eigenvalue weighted by Gasteiger charge is -2.09. The number of nitrogens with zero attached hydrogens (tertiary/aromatic N) is 1. The summed E-state index contributed by atoms with van der Waals surface area (Å²) in [5.74, 6) is 0. The third kappa shape index (κ3) is 2.60. The molecule has 3 aromatic rings. The van der Waals surface area contributed by atoms with E-state index in [1.807, 2.05) is 18.2 Å². The Balaban J connectivity index is 1.85. The molecule has 0 fully saturated rings. The van der Waals surface area contributed by atoms with Crippen LogP contribution in [-0.4, -0.2) is 4.92 Å². The highest BCUT2D eigenvalue weighted by molar-refractivity contribution is 7.17. The second-order valence-corrected chi connectivity index (χ2v) is 5.73. The Kier molecular flexibility index (Phi) is 3.58. The summed E-state index contributed by atoms with van der Waals surface area (Å²) in [6.07, 6.45) is 0. The number of nitro groups is 1. The van der Waals surface area contributed by atoms with Gasteiger partial charge in [-0.2, -0.15) is 0 Å². The molecule has 0 aliphatic heterocycles. The second kappa shape index (κ2) is 5.54. The third-order valence-electron chi connectivity index (χ3n) is 3.53. The number of benzene rings is 2. The zero-order chi connectivity index (χ0) is 14.8. The van der Waals surface area contributed by atoms with Crippen molar-refractivity contribution < 1.29 is 4.92 Å². The molecule has 0 unspecified atom stereocenters. The van der Waals surface area contributed by atoms with Crippen LogP contribution >= 0.6 is 11.3 Å². The highest BCUT2D eigenvalue weighted by Gasteiger charge is 2.13. The summed E-state index contributed by atoms with van der Waals surface area (Å²) >= 11 is 1.71. The molecule has 0 aliphatic rings. The van der Waals surface area contributed by atoms with Crippen molar-refractivity contribution in [2.24, 2.45) is 0 Å². The van der Waals surface area contributed by atoms with Crippen LogP contribution in [0.2, 0.25) is 0 Å². The van der Waals surface area contributed by atoms with Crippen LogP contribution in [0.4, 0.5) is 11.4 Å². The molecule has 0 bridgehead atoms. The van der Waals surface area contributed by atoms with Crippen molar-refractivity contribution >= 4 is 32.8 Å². The molecule has 1 aromatic heterocycles. The molecular weight excluding hydrogens is 284 g/mol. The summed E-state index contributed by atoms with van der Waals surface area (Å²) < 4.78 is 1.25. The lowest BCUT2D eigenvalue weighted by molar-refractivity contribution is -0.385. The fourth-order valence-electron chi connectivity index (χ4n) is 2.37. The summed E-state index contributed by atoms with van der Waals surface area (Å²) in [5.41, 5.74) is 2.83. The van der Waals surface area contributed by atoms with Crippen LogP contribution in [0, 0.1) is 17.0 Å². The average Bonchev–Trinajstić information content (AvgIpc) is 2.89. The van der Waals surface area contributed by atoms with E-state index in [4.69, 9.17) is 0 Å². The van der Waals surface area contributed by atoms with E-state index in [-0.39, 0.29) is 10.6 Å². The fraction of sp³-hybridized carbons (Fsp3) is 0.125. The monoisotopic (exact) mass is 298 g/mol. The van der Waals surface area contributed by atoms with Crippen molar-refractivity contribution in [2.45, 2.75) is 13.5 Å². The van der Waals surface area contributed by atoms with Crippen LogP contribution in [0.15, 0.2) is 47.8 Å². The number of thiophene rings is 1. The zero-order valence-electron chi connectivity index (χ0n) is 11.5. The van der Waals surface area contributed by atoms with Crippen LogP contribution in [0.5, 0.6) is 0 Å². The van der Waals surface area contributed by atoms with Crippen molar-refractivity contribution in [3.63, 3.8) is 0 Å². The van der Waals surface area contributed by atoms with Crippen molar-refractivity contribution in [3.05, 3.63) is 69.1 Å². The number of nitro benzene ring substituents is 1. The Morgan fingerprint density at radius 3 is 2.81 bits per heavy atom. The molecule has 0 radical (unpaired) electrons. The number of anilines is 1. The standard InChI is InChI=1S/C16H14N2O2S/c1-11-14(6-4-7-15(11)18(19)20)17-9-12-10-21-16-8-3-2-5-13(12)16/h2-8,10,17H,9H2,1H3. The Hall–Kier alpha value is -2.40. The first-order valence-corrected chi connectivity index (χ1v) is 7.48. The predicted octanol–water partition coefficient (Wildman–Crippen LogP) is 4.73. The van der Waals surface area contributed by atoms with Crippen LogP contribution < -0.4 is 5.32 Å². The maximum Gasteiger partial charge on any atom is 0.274 e. The fourth-order valence-corrected chi connectivity index (χ4v) is 3.34. The van der Waals surface area contributed by atoms with Gasteiger partial charge in [0.25, 0.3) is 5.69 Å². The van der Waals surface area contributed by atoms with Gasteiger partial charge in [0, 0.05) is 28.6 Å². The van der Waals surface area contributed by atoms with E-state index in [0.29, 0.717) is 12.1 Å². The molecule has 1 N–H and O–H groups in total. The third-order valence-corrected chi connectivity index (χ3v) is 4.54. The maximum atomic E-state index is 11.0. The van der Waals surface area contributed by atoms with E-state index in [2.05, 4.69) is 22.8 Å². The molecule has 106 valence electrons. The lowest BCUT2D eigenvalue weighted by Crippen LogP contribution is -2.02. The largest absolute Gasteiger partial charge is 0.380 e. The van der Waals surface area contributed by atoms with Crippen molar-refractivity contribution in [3.8, 4) is 0 Å². The average molecular weight is 298 g/mol. The van der Waals surface area contributed by atoms with E-state index in [1.54, 1.807) is 24.3 Å². The Morgan fingerprint density at radius 1 is 1.19 bits per heavy atom. The molecule has 4 nitrogen and oxygen atoms in total. The van der Waals surface area contributed by atoms with E-state index in [0.717, 1.165) is 5.69 Å². The molecule has 3 rings (SSSR count). The van der Waals surface area contributed by atoms with Gasteiger partial charge in [-0.15, -0.1) is 11.3 Å². The molecule has 2 aromatic carbocycles. The Morgan fingerprint density at radius 2 is 2.00 bits per heavy atom. The van der Waals surface area contributed by atoms with E-state index < -0.39 is 0 Å². The van der Waals surface area contributed by atoms with Crippen molar-refractivity contribution in [2.75, 3.05) is 5.32 Å². The summed E-state index contributed by atoms with van der Waals surface area (Å²) in [4.78, 5) is 10.6. The molecule has 21 heavy (non-hydrogen) atoms. The maximum absolute atomic E-state index is 11.0. The lowest BCUT2D eigenvalue weighted by atomic mass is 10.1. The normalized spacial score (nSPS) is 10.7. The summed E-state index contributed by atoms with van der Waals surface area (Å²) in [7, 11) is 0. The van der Waals surface area contributed by atoms with Crippen LogP contribution in [0.25, 0.3) is 10.1 Å². The quantitative estimate of drug-likeness (QED) is 0.559. The molecule has 5 heteroatoms. The summed E-state index contributed by atoms with van der Waals surface area (Å²) in [6.45, 7) is 2.43.